The van der Waals surface area contributed by atoms with E-state index >= 15 is 0 Å². The molecule has 0 saturated carbocycles. The standard InChI is InChI=1S/C17H22N4O4S/c1-3-14(11-22)21-26(24,25)16-6-4-5-13(7-16)17(23)20-10-15-9-18-12(2)8-19-15/h4-9,14,21-22H,3,10-11H2,1-2H3,(H,20,23). The van der Waals surface area contributed by atoms with Gasteiger partial charge in [0.25, 0.3) is 5.91 Å². The van der Waals surface area contributed by atoms with Crippen molar-refractivity contribution in [2.24, 2.45) is 0 Å². The highest BCUT2D eigenvalue weighted by Crippen LogP contribution is 2.13. The van der Waals surface area contributed by atoms with E-state index in [1.165, 1.54) is 24.3 Å². The van der Waals surface area contributed by atoms with E-state index in [9.17, 15) is 18.3 Å². The summed E-state index contributed by atoms with van der Waals surface area (Å²) in [5, 5.41) is 11.9. The lowest BCUT2D eigenvalue weighted by atomic mass is 10.2. The van der Waals surface area contributed by atoms with Crippen LogP contribution in [0.15, 0.2) is 41.6 Å². The molecule has 8 nitrogen and oxygen atoms in total. The lowest BCUT2D eigenvalue weighted by Crippen LogP contribution is -2.37. The van der Waals surface area contributed by atoms with Crippen molar-refractivity contribution >= 4 is 15.9 Å². The first kappa shape index (κ1) is 20.0. The number of nitrogens with one attached hydrogen (secondary N) is 2. The maximum Gasteiger partial charge on any atom is 0.251 e. The maximum atomic E-state index is 12.4. The number of sulfonamides is 1. The number of nitrogens with zero attached hydrogens (tertiary/aromatic N) is 2. The number of benzene rings is 1. The van der Waals surface area contributed by atoms with Crippen molar-refractivity contribution in [3.63, 3.8) is 0 Å². The molecule has 1 aromatic carbocycles. The zero-order chi connectivity index (χ0) is 19.2. The van der Waals surface area contributed by atoms with Gasteiger partial charge in [0, 0.05) is 17.8 Å². The van der Waals surface area contributed by atoms with Crippen LogP contribution in [-0.4, -0.2) is 42.0 Å². The molecule has 0 bridgehead atoms. The number of hydrogen-bond acceptors (Lipinski definition) is 6. The van der Waals surface area contributed by atoms with Gasteiger partial charge in [-0.15, -0.1) is 0 Å². The van der Waals surface area contributed by atoms with Crippen LogP contribution in [0.1, 0.15) is 35.1 Å². The highest BCUT2D eigenvalue weighted by molar-refractivity contribution is 7.89. The molecule has 2 rings (SSSR count). The van der Waals surface area contributed by atoms with Gasteiger partial charge in [0.05, 0.1) is 35.6 Å². The fraction of sp³-hybridized carbons (Fsp3) is 0.353. The Hall–Kier alpha value is -2.36. The van der Waals surface area contributed by atoms with E-state index in [2.05, 4.69) is 20.0 Å². The van der Waals surface area contributed by atoms with Gasteiger partial charge in [-0.25, -0.2) is 13.1 Å². The zero-order valence-electron chi connectivity index (χ0n) is 14.6. The van der Waals surface area contributed by atoms with Crippen LogP contribution in [0.3, 0.4) is 0 Å². The quantitative estimate of drug-likeness (QED) is 0.624. The minimum atomic E-state index is -3.82. The van der Waals surface area contributed by atoms with Crippen molar-refractivity contribution in [3.8, 4) is 0 Å². The maximum absolute atomic E-state index is 12.4. The second-order valence-electron chi connectivity index (χ2n) is 5.77. The van der Waals surface area contributed by atoms with Crippen LogP contribution in [0.4, 0.5) is 0 Å². The number of aryl methyl sites for hydroxylation is 1. The molecule has 2 aromatic rings. The molecule has 0 radical (unpaired) electrons. The monoisotopic (exact) mass is 378 g/mol. The first-order chi connectivity index (χ1) is 12.4. The number of carbonyl (C=O) groups is 1. The fourth-order valence-electron chi connectivity index (χ4n) is 2.13. The minimum Gasteiger partial charge on any atom is -0.395 e. The summed E-state index contributed by atoms with van der Waals surface area (Å²) in [5.41, 5.74) is 1.59. The molecule has 1 unspecified atom stereocenters. The second kappa shape index (κ2) is 8.84. The van der Waals surface area contributed by atoms with E-state index < -0.39 is 22.0 Å². The van der Waals surface area contributed by atoms with Gasteiger partial charge in [-0.3, -0.25) is 14.8 Å². The molecule has 0 aliphatic carbocycles. The van der Waals surface area contributed by atoms with Crippen LogP contribution in [0.2, 0.25) is 0 Å². The van der Waals surface area contributed by atoms with E-state index in [4.69, 9.17) is 0 Å². The topological polar surface area (TPSA) is 121 Å². The summed E-state index contributed by atoms with van der Waals surface area (Å²) >= 11 is 0. The first-order valence-electron chi connectivity index (χ1n) is 8.14. The minimum absolute atomic E-state index is 0.0350. The molecule has 9 heteroatoms. The molecular formula is C17H22N4O4S. The number of aliphatic hydroxyl groups is 1. The van der Waals surface area contributed by atoms with Crippen LogP contribution in [0, 0.1) is 6.92 Å². The highest BCUT2D eigenvalue weighted by atomic mass is 32.2. The average molecular weight is 378 g/mol. The molecule has 3 N–H and O–H groups in total. The van der Waals surface area contributed by atoms with Crippen LogP contribution in [-0.2, 0) is 16.6 Å². The van der Waals surface area contributed by atoms with Gasteiger partial charge in [0.2, 0.25) is 10.0 Å². The van der Waals surface area contributed by atoms with Crippen LogP contribution in [0.5, 0.6) is 0 Å². The number of aromatic nitrogens is 2. The van der Waals surface area contributed by atoms with Crippen molar-refractivity contribution in [1.82, 2.24) is 20.0 Å². The summed E-state index contributed by atoms with van der Waals surface area (Å²) in [6.45, 7) is 3.47. The number of carbonyl (C=O) groups excluding carboxylic acids is 1. The molecule has 0 aliphatic heterocycles. The molecule has 1 atom stereocenters. The van der Waals surface area contributed by atoms with Crippen molar-refractivity contribution < 1.29 is 18.3 Å². The predicted molar refractivity (Wildman–Crippen MR) is 95.9 cm³/mol. The molecule has 0 spiro atoms. The van der Waals surface area contributed by atoms with E-state index in [1.807, 2.05) is 6.92 Å². The van der Waals surface area contributed by atoms with Crippen molar-refractivity contribution in [2.45, 2.75) is 37.8 Å². The van der Waals surface area contributed by atoms with Crippen molar-refractivity contribution in [3.05, 3.63) is 53.6 Å². The number of amides is 1. The summed E-state index contributed by atoms with van der Waals surface area (Å²) in [6, 6.07) is 5.14. The molecule has 140 valence electrons. The lowest BCUT2D eigenvalue weighted by molar-refractivity contribution is 0.0950. The van der Waals surface area contributed by atoms with E-state index in [0.717, 1.165) is 5.69 Å². The van der Waals surface area contributed by atoms with Gasteiger partial charge in [-0.2, -0.15) is 0 Å². The summed E-state index contributed by atoms with van der Waals surface area (Å²) in [6.07, 6.45) is 3.62. The molecule has 1 aromatic heterocycles. The number of rotatable bonds is 8. The predicted octanol–water partition coefficient (Wildman–Crippen LogP) is 0.764. The molecule has 26 heavy (non-hydrogen) atoms. The molecule has 0 aliphatic rings. The third-order valence-corrected chi connectivity index (χ3v) is 5.22. The SMILES string of the molecule is CCC(CO)NS(=O)(=O)c1cccc(C(=O)NCc2cnc(C)cn2)c1. The van der Waals surface area contributed by atoms with Crippen molar-refractivity contribution in [1.29, 1.82) is 0 Å². The van der Waals surface area contributed by atoms with E-state index in [-0.39, 0.29) is 23.6 Å². The van der Waals surface area contributed by atoms with Gasteiger partial charge in [-0.1, -0.05) is 13.0 Å². The summed E-state index contributed by atoms with van der Waals surface area (Å²) < 4.78 is 27.2. The van der Waals surface area contributed by atoms with Gasteiger partial charge in [0.1, 0.15) is 0 Å². The fourth-order valence-corrected chi connectivity index (χ4v) is 3.48. The molecule has 0 saturated heterocycles. The van der Waals surface area contributed by atoms with Gasteiger partial charge >= 0.3 is 0 Å². The van der Waals surface area contributed by atoms with E-state index in [1.54, 1.807) is 19.3 Å². The molecule has 0 fully saturated rings. The first-order valence-corrected chi connectivity index (χ1v) is 9.63. The Morgan fingerprint density at radius 3 is 2.65 bits per heavy atom. The van der Waals surface area contributed by atoms with Gasteiger partial charge < -0.3 is 10.4 Å². The van der Waals surface area contributed by atoms with Gasteiger partial charge in [0.15, 0.2) is 0 Å². The lowest BCUT2D eigenvalue weighted by Gasteiger charge is -2.14. The van der Waals surface area contributed by atoms with Crippen LogP contribution in [0.25, 0.3) is 0 Å². The van der Waals surface area contributed by atoms with Crippen molar-refractivity contribution in [2.75, 3.05) is 6.61 Å². The zero-order valence-corrected chi connectivity index (χ0v) is 15.5. The Labute approximate surface area is 152 Å². The molecular weight excluding hydrogens is 356 g/mol. The number of aliphatic hydroxyl groups excluding tert-OH is 1. The molecule has 1 amide bonds. The second-order valence-corrected chi connectivity index (χ2v) is 7.48. The largest absolute Gasteiger partial charge is 0.395 e. The summed E-state index contributed by atoms with van der Waals surface area (Å²) in [4.78, 5) is 20.5. The average Bonchev–Trinajstić information content (AvgIpc) is 2.65. The normalized spacial score (nSPS) is 12.6. The summed E-state index contributed by atoms with van der Waals surface area (Å²) in [5.74, 6) is -0.418. The van der Waals surface area contributed by atoms with E-state index in [0.29, 0.717) is 12.1 Å². The third kappa shape index (κ3) is 5.32. The van der Waals surface area contributed by atoms with Gasteiger partial charge in [-0.05, 0) is 31.5 Å². The third-order valence-electron chi connectivity index (χ3n) is 3.71. The Balaban J connectivity index is 2.09. The Bertz CT molecular complexity index is 849. The molecule has 1 heterocycles. The summed E-state index contributed by atoms with van der Waals surface area (Å²) in [7, 11) is -3.82. The van der Waals surface area contributed by atoms with Crippen LogP contribution < -0.4 is 10.0 Å². The smallest absolute Gasteiger partial charge is 0.251 e. The van der Waals surface area contributed by atoms with Crippen LogP contribution >= 0.6 is 0 Å². The highest BCUT2D eigenvalue weighted by Gasteiger charge is 2.19. The number of hydrogen-bond donors (Lipinski definition) is 3. The Kier molecular flexibility index (Phi) is 6.78. The Morgan fingerprint density at radius 2 is 2.04 bits per heavy atom. The Morgan fingerprint density at radius 1 is 1.27 bits per heavy atom.